The Morgan fingerprint density at radius 3 is 2.58 bits per heavy atom. The Hall–Kier alpha value is -3.59. The number of benzene rings is 3. The highest BCUT2D eigenvalue weighted by atomic mass is 35.5. The number of urea groups is 1. The van der Waals surface area contributed by atoms with Gasteiger partial charge in [-0.2, -0.15) is 0 Å². The van der Waals surface area contributed by atoms with Crippen molar-refractivity contribution in [1.29, 1.82) is 0 Å². The number of fused-ring (bicyclic) bond motifs is 1. The molecule has 0 saturated heterocycles. The monoisotopic (exact) mass is 554 g/mol. The highest BCUT2D eigenvalue weighted by molar-refractivity contribution is 6.36. The molecule has 1 heterocycles. The number of hydrogen-bond acceptors (Lipinski definition) is 5. The molecule has 3 aromatic carbocycles. The molecule has 0 bridgehead atoms. The summed E-state index contributed by atoms with van der Waals surface area (Å²) in [6.07, 6.45) is 0. The zero-order chi connectivity index (χ0) is 27.4. The molecule has 0 saturated carbocycles. The molecule has 0 aliphatic heterocycles. The van der Waals surface area contributed by atoms with Crippen LogP contribution >= 0.6 is 23.2 Å². The fourth-order valence-corrected chi connectivity index (χ4v) is 4.67. The minimum Gasteiger partial charge on any atom is -0.495 e. The van der Waals surface area contributed by atoms with E-state index in [1.54, 1.807) is 61.6 Å². The van der Waals surface area contributed by atoms with Crippen molar-refractivity contribution in [3.8, 4) is 11.4 Å². The lowest BCUT2D eigenvalue weighted by Crippen LogP contribution is -2.41. The zero-order valence-electron chi connectivity index (χ0n) is 21.5. The van der Waals surface area contributed by atoms with Crippen molar-refractivity contribution >= 4 is 45.8 Å². The van der Waals surface area contributed by atoms with Crippen molar-refractivity contribution in [3.05, 3.63) is 92.5 Å². The lowest BCUT2D eigenvalue weighted by molar-refractivity contribution is 0.137. The second-order valence-corrected chi connectivity index (χ2v) is 9.56. The van der Waals surface area contributed by atoms with Crippen molar-refractivity contribution in [2.45, 2.75) is 19.9 Å². The van der Waals surface area contributed by atoms with Crippen LogP contribution in [0.3, 0.4) is 0 Å². The van der Waals surface area contributed by atoms with Crippen LogP contribution < -0.4 is 15.6 Å². The fraction of sp³-hybridized carbons (Fsp3) is 0.250. The van der Waals surface area contributed by atoms with Crippen LogP contribution in [0, 0.1) is 6.92 Å². The molecule has 0 radical (unpaired) electrons. The molecule has 0 aliphatic carbocycles. The molecule has 4 aromatic rings. The minimum absolute atomic E-state index is 0.225. The maximum Gasteiger partial charge on any atom is 0.322 e. The summed E-state index contributed by atoms with van der Waals surface area (Å²) >= 11 is 12.3. The lowest BCUT2D eigenvalue weighted by Gasteiger charge is -2.31. The first kappa shape index (κ1) is 27.4. The van der Waals surface area contributed by atoms with Crippen molar-refractivity contribution < 1.29 is 14.3 Å². The summed E-state index contributed by atoms with van der Waals surface area (Å²) in [7, 11) is 3.10. The summed E-state index contributed by atoms with van der Waals surface area (Å²) in [6.45, 7) is 4.23. The molecule has 38 heavy (non-hydrogen) atoms. The van der Waals surface area contributed by atoms with Gasteiger partial charge in [0.05, 0.1) is 47.1 Å². The fourth-order valence-electron chi connectivity index (χ4n) is 4.22. The molecular formula is C28H28Cl2N4O4. The number of nitrogens with zero attached hydrogens (tertiary/aromatic N) is 3. The predicted molar refractivity (Wildman–Crippen MR) is 151 cm³/mol. The third kappa shape index (κ3) is 5.62. The van der Waals surface area contributed by atoms with E-state index in [1.807, 2.05) is 32.0 Å². The topological polar surface area (TPSA) is 85.7 Å². The van der Waals surface area contributed by atoms with Crippen molar-refractivity contribution in [3.63, 3.8) is 0 Å². The molecule has 10 heteroatoms. The summed E-state index contributed by atoms with van der Waals surface area (Å²) in [5.74, 6) is 0.870. The summed E-state index contributed by atoms with van der Waals surface area (Å²) in [4.78, 5) is 33.9. The van der Waals surface area contributed by atoms with Crippen LogP contribution in [0.15, 0.2) is 65.5 Å². The molecule has 0 fully saturated rings. The first-order valence-electron chi connectivity index (χ1n) is 11.9. The Kier molecular flexibility index (Phi) is 8.56. The SMILES string of the molecule is COCCN(C(=O)Nc1ccc(Cl)cc1Cl)C(C)c1nc2ccccc2c(=O)n1-c1cc(C)ccc1OC. The summed E-state index contributed by atoms with van der Waals surface area (Å²) < 4.78 is 12.4. The van der Waals surface area contributed by atoms with E-state index in [0.717, 1.165) is 5.56 Å². The highest BCUT2D eigenvalue weighted by Crippen LogP contribution is 2.30. The van der Waals surface area contributed by atoms with Gasteiger partial charge < -0.3 is 19.7 Å². The average molecular weight is 555 g/mol. The quantitative estimate of drug-likeness (QED) is 0.278. The number of anilines is 1. The van der Waals surface area contributed by atoms with Gasteiger partial charge in [-0.1, -0.05) is 41.4 Å². The van der Waals surface area contributed by atoms with E-state index in [1.165, 1.54) is 4.57 Å². The number of para-hydroxylation sites is 1. The maximum absolute atomic E-state index is 13.9. The van der Waals surface area contributed by atoms with E-state index >= 15 is 0 Å². The van der Waals surface area contributed by atoms with E-state index in [4.69, 9.17) is 37.7 Å². The standard InChI is InChI=1S/C28H28Cl2N4O4/c1-17-9-12-25(38-4)24(15-17)34-26(31-22-8-6-5-7-20(22)27(34)35)18(2)33(13-14-37-3)28(36)32-23-11-10-19(29)16-21(23)30/h5-12,15-16,18H,13-14H2,1-4H3,(H,32,36). The number of carbonyl (C=O) groups excluding carboxylic acids is 1. The van der Waals surface area contributed by atoms with Gasteiger partial charge in [0.2, 0.25) is 0 Å². The number of carbonyl (C=O) groups is 1. The van der Waals surface area contributed by atoms with Crippen LogP contribution in [0.2, 0.25) is 10.0 Å². The van der Waals surface area contributed by atoms with Gasteiger partial charge >= 0.3 is 6.03 Å². The smallest absolute Gasteiger partial charge is 0.322 e. The van der Waals surface area contributed by atoms with E-state index in [0.29, 0.717) is 43.9 Å². The first-order chi connectivity index (χ1) is 18.2. The Labute approximate surface area is 230 Å². The van der Waals surface area contributed by atoms with E-state index in [-0.39, 0.29) is 18.7 Å². The Balaban J connectivity index is 1.88. The van der Waals surface area contributed by atoms with Crippen LogP contribution in [0.5, 0.6) is 5.75 Å². The maximum atomic E-state index is 13.9. The molecular weight excluding hydrogens is 527 g/mol. The average Bonchev–Trinajstić information content (AvgIpc) is 2.90. The molecule has 1 unspecified atom stereocenters. The van der Waals surface area contributed by atoms with Crippen LogP contribution in [0.25, 0.3) is 16.6 Å². The third-order valence-corrected chi connectivity index (χ3v) is 6.74. The number of aromatic nitrogens is 2. The van der Waals surface area contributed by atoms with E-state index < -0.39 is 12.1 Å². The lowest BCUT2D eigenvalue weighted by atomic mass is 10.1. The van der Waals surface area contributed by atoms with Gasteiger partial charge in [0.15, 0.2) is 0 Å². The second-order valence-electron chi connectivity index (χ2n) is 8.72. The predicted octanol–water partition coefficient (Wildman–Crippen LogP) is 6.25. The van der Waals surface area contributed by atoms with E-state index in [9.17, 15) is 9.59 Å². The third-order valence-electron chi connectivity index (χ3n) is 6.19. The van der Waals surface area contributed by atoms with E-state index in [2.05, 4.69) is 5.32 Å². The number of halogens is 2. The van der Waals surface area contributed by atoms with Gasteiger partial charge in [0.25, 0.3) is 5.56 Å². The van der Waals surface area contributed by atoms with Crippen molar-refractivity contribution in [2.24, 2.45) is 0 Å². The van der Waals surface area contributed by atoms with Gasteiger partial charge in [-0.3, -0.25) is 9.36 Å². The zero-order valence-corrected chi connectivity index (χ0v) is 23.0. The first-order valence-corrected chi connectivity index (χ1v) is 12.7. The number of ether oxygens (including phenoxy) is 2. The normalized spacial score (nSPS) is 11.8. The van der Waals surface area contributed by atoms with Crippen molar-refractivity contribution in [2.75, 3.05) is 32.7 Å². The molecule has 0 spiro atoms. The van der Waals surface area contributed by atoms with Crippen LogP contribution in [-0.2, 0) is 4.74 Å². The Bertz CT molecular complexity index is 1540. The van der Waals surface area contributed by atoms with Gasteiger partial charge in [-0.05, 0) is 61.9 Å². The molecule has 198 valence electrons. The number of rotatable bonds is 8. The van der Waals surface area contributed by atoms with Gasteiger partial charge in [-0.15, -0.1) is 0 Å². The molecule has 0 aliphatic rings. The Morgan fingerprint density at radius 2 is 1.87 bits per heavy atom. The Morgan fingerprint density at radius 1 is 1.11 bits per heavy atom. The second kappa shape index (κ2) is 11.9. The highest BCUT2D eigenvalue weighted by Gasteiger charge is 2.28. The van der Waals surface area contributed by atoms with Crippen LogP contribution in [-0.4, -0.2) is 47.9 Å². The van der Waals surface area contributed by atoms with Gasteiger partial charge in [-0.25, -0.2) is 9.78 Å². The largest absolute Gasteiger partial charge is 0.495 e. The number of nitrogens with one attached hydrogen (secondary N) is 1. The molecule has 4 rings (SSSR count). The molecule has 2 amide bonds. The molecule has 8 nitrogen and oxygen atoms in total. The number of methoxy groups -OCH3 is 2. The number of hydrogen-bond donors (Lipinski definition) is 1. The number of aryl methyl sites for hydroxylation is 1. The summed E-state index contributed by atoms with van der Waals surface area (Å²) in [5, 5.41) is 4.05. The molecule has 1 aromatic heterocycles. The minimum atomic E-state index is -0.654. The van der Waals surface area contributed by atoms with Crippen LogP contribution in [0.4, 0.5) is 10.5 Å². The summed E-state index contributed by atoms with van der Waals surface area (Å²) in [5.41, 5.74) is 2.13. The van der Waals surface area contributed by atoms with Gasteiger partial charge in [0, 0.05) is 18.7 Å². The summed E-state index contributed by atoms with van der Waals surface area (Å²) in [6, 6.07) is 16.4. The van der Waals surface area contributed by atoms with Gasteiger partial charge in [0.1, 0.15) is 11.6 Å². The molecule has 1 N–H and O–H groups in total. The molecule has 1 atom stereocenters. The number of amides is 2. The van der Waals surface area contributed by atoms with Crippen molar-refractivity contribution in [1.82, 2.24) is 14.5 Å². The van der Waals surface area contributed by atoms with Crippen LogP contribution in [0.1, 0.15) is 24.4 Å².